The molecule has 0 saturated heterocycles. The normalized spacial score (nSPS) is 12.2. The van der Waals surface area contributed by atoms with Crippen LogP contribution in [0.4, 0.5) is 0 Å². The summed E-state index contributed by atoms with van der Waals surface area (Å²) in [6.45, 7) is 0.733. The van der Waals surface area contributed by atoms with Crippen molar-refractivity contribution in [2.24, 2.45) is 0 Å². The summed E-state index contributed by atoms with van der Waals surface area (Å²) in [6.07, 6.45) is 0.311. The van der Waals surface area contributed by atoms with Crippen molar-refractivity contribution in [1.82, 2.24) is 4.90 Å². The third-order valence-electron chi connectivity index (χ3n) is 3.57. The quantitative estimate of drug-likeness (QED) is 0.941. The van der Waals surface area contributed by atoms with E-state index in [1.165, 1.54) is 0 Å². The van der Waals surface area contributed by atoms with Gasteiger partial charge in [0.2, 0.25) is 12.7 Å². The number of hydrogen-bond donors (Lipinski definition) is 1. The first-order valence-corrected chi connectivity index (χ1v) is 7.02. The number of nitrogens with zero attached hydrogens (tertiary/aromatic N) is 1. The lowest BCUT2D eigenvalue weighted by molar-refractivity contribution is -0.129. The average Bonchev–Trinajstić information content (AvgIpc) is 2.97. The van der Waals surface area contributed by atoms with Crippen molar-refractivity contribution in [2.75, 3.05) is 13.8 Å². The van der Waals surface area contributed by atoms with Crippen LogP contribution in [0.3, 0.4) is 0 Å². The molecule has 0 spiro atoms. The number of hydrogen-bond acceptors (Lipinski definition) is 4. The molecule has 0 atom stereocenters. The standard InChI is InChI=1S/C17H17NO4/c1-18(10-12-2-5-14(19)6-3-12)17(20)9-13-4-7-15-16(8-13)22-11-21-15/h2-8,19H,9-11H2,1H3. The molecule has 0 fully saturated rings. The Morgan fingerprint density at radius 3 is 2.55 bits per heavy atom. The lowest BCUT2D eigenvalue weighted by atomic mass is 10.1. The van der Waals surface area contributed by atoms with Gasteiger partial charge in [-0.15, -0.1) is 0 Å². The molecule has 1 amide bonds. The van der Waals surface area contributed by atoms with Crippen LogP contribution in [-0.2, 0) is 17.8 Å². The third kappa shape index (κ3) is 3.14. The minimum atomic E-state index is 0.0203. The van der Waals surface area contributed by atoms with E-state index in [4.69, 9.17) is 9.47 Å². The van der Waals surface area contributed by atoms with Gasteiger partial charge in [0.25, 0.3) is 0 Å². The Morgan fingerprint density at radius 1 is 1.09 bits per heavy atom. The Kier molecular flexibility index (Phi) is 3.87. The second-order valence-electron chi connectivity index (χ2n) is 5.28. The van der Waals surface area contributed by atoms with E-state index in [1.54, 1.807) is 36.2 Å². The van der Waals surface area contributed by atoms with Crippen LogP contribution >= 0.6 is 0 Å². The van der Waals surface area contributed by atoms with Crippen LogP contribution in [-0.4, -0.2) is 29.8 Å². The van der Waals surface area contributed by atoms with Crippen molar-refractivity contribution in [2.45, 2.75) is 13.0 Å². The van der Waals surface area contributed by atoms with E-state index >= 15 is 0 Å². The summed E-state index contributed by atoms with van der Waals surface area (Å²) in [7, 11) is 1.77. The zero-order chi connectivity index (χ0) is 15.5. The van der Waals surface area contributed by atoms with Crippen molar-refractivity contribution >= 4 is 5.91 Å². The first-order valence-electron chi connectivity index (χ1n) is 7.02. The van der Waals surface area contributed by atoms with Gasteiger partial charge in [-0.1, -0.05) is 18.2 Å². The number of fused-ring (bicyclic) bond motifs is 1. The summed E-state index contributed by atoms with van der Waals surface area (Å²) in [5, 5.41) is 9.27. The van der Waals surface area contributed by atoms with Gasteiger partial charge in [0.05, 0.1) is 6.42 Å². The number of carbonyl (C=O) groups excluding carboxylic acids is 1. The van der Waals surface area contributed by atoms with E-state index in [9.17, 15) is 9.90 Å². The summed E-state index contributed by atoms with van der Waals surface area (Å²) in [5.74, 6) is 1.64. The van der Waals surface area contributed by atoms with Crippen LogP contribution in [0.5, 0.6) is 17.2 Å². The number of benzene rings is 2. The van der Waals surface area contributed by atoms with E-state index in [0.717, 1.165) is 11.1 Å². The van der Waals surface area contributed by atoms with Gasteiger partial charge >= 0.3 is 0 Å². The zero-order valence-electron chi connectivity index (χ0n) is 12.3. The predicted molar refractivity (Wildman–Crippen MR) is 80.8 cm³/mol. The first-order chi connectivity index (χ1) is 10.6. The van der Waals surface area contributed by atoms with E-state index in [1.807, 2.05) is 18.2 Å². The molecule has 1 aliphatic heterocycles. The highest BCUT2D eigenvalue weighted by molar-refractivity contribution is 5.78. The van der Waals surface area contributed by atoms with Gasteiger partial charge in [0.1, 0.15) is 5.75 Å². The van der Waals surface area contributed by atoms with Gasteiger partial charge in [-0.3, -0.25) is 4.79 Å². The molecule has 0 bridgehead atoms. The molecule has 0 aliphatic carbocycles. The lowest BCUT2D eigenvalue weighted by Crippen LogP contribution is -2.27. The van der Waals surface area contributed by atoms with Gasteiger partial charge in [-0.25, -0.2) is 0 Å². The number of amides is 1. The number of ether oxygens (including phenoxy) is 2. The number of aromatic hydroxyl groups is 1. The zero-order valence-corrected chi connectivity index (χ0v) is 12.3. The fraction of sp³-hybridized carbons (Fsp3) is 0.235. The molecule has 5 heteroatoms. The maximum atomic E-state index is 12.3. The summed E-state index contributed by atoms with van der Waals surface area (Å²) in [6, 6.07) is 12.4. The first kappa shape index (κ1) is 14.3. The Bertz CT molecular complexity index is 682. The lowest BCUT2D eigenvalue weighted by Gasteiger charge is -2.17. The molecule has 0 saturated carbocycles. The molecule has 1 heterocycles. The number of phenolic OH excluding ortho intramolecular Hbond substituents is 1. The van der Waals surface area contributed by atoms with Crippen LogP contribution in [0, 0.1) is 0 Å². The molecule has 5 nitrogen and oxygen atoms in total. The molecule has 2 aromatic carbocycles. The number of carbonyl (C=O) groups is 1. The molecule has 0 aromatic heterocycles. The van der Waals surface area contributed by atoms with Crippen LogP contribution in [0.15, 0.2) is 42.5 Å². The van der Waals surface area contributed by atoms with Crippen LogP contribution in [0.2, 0.25) is 0 Å². The third-order valence-corrected chi connectivity index (χ3v) is 3.57. The highest BCUT2D eigenvalue weighted by Crippen LogP contribution is 2.32. The molecule has 22 heavy (non-hydrogen) atoms. The smallest absolute Gasteiger partial charge is 0.231 e. The van der Waals surface area contributed by atoms with Crippen LogP contribution in [0.25, 0.3) is 0 Å². The largest absolute Gasteiger partial charge is 0.508 e. The number of phenols is 1. The molecule has 1 aliphatic rings. The minimum absolute atomic E-state index is 0.0203. The van der Waals surface area contributed by atoms with Gasteiger partial charge in [0.15, 0.2) is 11.5 Å². The van der Waals surface area contributed by atoms with Gasteiger partial charge in [-0.05, 0) is 35.4 Å². The monoisotopic (exact) mass is 299 g/mol. The topological polar surface area (TPSA) is 59.0 Å². The molecule has 114 valence electrons. The van der Waals surface area contributed by atoms with E-state index in [2.05, 4.69) is 0 Å². The van der Waals surface area contributed by atoms with E-state index < -0.39 is 0 Å². The van der Waals surface area contributed by atoms with Gasteiger partial charge < -0.3 is 19.5 Å². The Morgan fingerprint density at radius 2 is 1.77 bits per heavy atom. The number of rotatable bonds is 4. The van der Waals surface area contributed by atoms with Gasteiger partial charge in [0, 0.05) is 13.6 Å². The van der Waals surface area contributed by atoms with Gasteiger partial charge in [-0.2, -0.15) is 0 Å². The molecule has 0 radical (unpaired) electrons. The van der Waals surface area contributed by atoms with Crippen molar-refractivity contribution < 1.29 is 19.4 Å². The Balaban J connectivity index is 1.62. The highest BCUT2D eigenvalue weighted by Gasteiger charge is 2.16. The molecule has 3 rings (SSSR count). The van der Waals surface area contributed by atoms with Crippen molar-refractivity contribution in [3.05, 3.63) is 53.6 Å². The van der Waals surface area contributed by atoms with Crippen molar-refractivity contribution in [3.8, 4) is 17.2 Å². The highest BCUT2D eigenvalue weighted by atomic mass is 16.7. The maximum absolute atomic E-state index is 12.3. The van der Waals surface area contributed by atoms with E-state index in [0.29, 0.717) is 24.5 Å². The summed E-state index contributed by atoms with van der Waals surface area (Å²) in [5.41, 5.74) is 1.87. The van der Waals surface area contributed by atoms with Crippen molar-refractivity contribution in [3.63, 3.8) is 0 Å². The summed E-state index contributed by atoms with van der Waals surface area (Å²) < 4.78 is 10.6. The second-order valence-corrected chi connectivity index (χ2v) is 5.28. The second kappa shape index (κ2) is 5.97. The average molecular weight is 299 g/mol. The Labute approximate surface area is 128 Å². The van der Waals surface area contributed by atoms with Crippen molar-refractivity contribution in [1.29, 1.82) is 0 Å². The fourth-order valence-corrected chi connectivity index (χ4v) is 2.32. The minimum Gasteiger partial charge on any atom is -0.508 e. The summed E-state index contributed by atoms with van der Waals surface area (Å²) >= 11 is 0. The van der Waals surface area contributed by atoms with Crippen LogP contribution in [0.1, 0.15) is 11.1 Å². The molecule has 2 aromatic rings. The number of likely N-dealkylation sites (N-methyl/N-ethyl adjacent to an activating group) is 1. The molecular formula is C17H17NO4. The SMILES string of the molecule is CN(Cc1ccc(O)cc1)C(=O)Cc1ccc2c(c1)OCO2. The molecule has 1 N–H and O–H groups in total. The maximum Gasteiger partial charge on any atom is 0.231 e. The summed E-state index contributed by atoms with van der Waals surface area (Å²) in [4.78, 5) is 14.0. The van der Waals surface area contributed by atoms with Crippen LogP contribution < -0.4 is 9.47 Å². The van der Waals surface area contributed by atoms with E-state index in [-0.39, 0.29) is 18.4 Å². The Hall–Kier alpha value is -2.69. The molecule has 0 unspecified atom stereocenters. The fourth-order valence-electron chi connectivity index (χ4n) is 2.32. The predicted octanol–water partition coefficient (Wildman–Crippen LogP) is 2.32. The molecular weight excluding hydrogens is 282 g/mol.